The van der Waals surface area contributed by atoms with Gasteiger partial charge in [0.1, 0.15) is 5.82 Å². The van der Waals surface area contributed by atoms with Crippen LogP contribution in [0.4, 0.5) is 4.39 Å². The monoisotopic (exact) mass is 199 g/mol. The zero-order valence-electron chi connectivity index (χ0n) is 7.19. The Kier molecular flexibility index (Phi) is 2.51. The van der Waals surface area contributed by atoms with Crippen LogP contribution in [0.5, 0.6) is 0 Å². The summed E-state index contributed by atoms with van der Waals surface area (Å²) in [7, 11) is 0. The van der Waals surface area contributed by atoms with Crippen LogP contribution in [0.3, 0.4) is 0 Å². The van der Waals surface area contributed by atoms with Crippen molar-refractivity contribution in [3.63, 3.8) is 0 Å². The molecule has 13 heavy (non-hydrogen) atoms. The lowest BCUT2D eigenvalue weighted by molar-refractivity contribution is 0.625. The fourth-order valence-corrected chi connectivity index (χ4v) is 2.07. The Bertz CT molecular complexity index is 308. The van der Waals surface area contributed by atoms with Gasteiger partial charge in [-0.15, -0.1) is 0 Å². The zero-order chi connectivity index (χ0) is 9.26. The molecule has 0 bridgehead atoms. The lowest BCUT2D eigenvalue weighted by Gasteiger charge is -2.10. The van der Waals surface area contributed by atoms with E-state index in [9.17, 15) is 4.39 Å². The number of rotatable bonds is 1. The Hall–Kier alpha value is -0.600. The summed E-state index contributed by atoms with van der Waals surface area (Å²) in [6.45, 7) is 1.98. The van der Waals surface area contributed by atoms with E-state index in [0.29, 0.717) is 10.9 Å². The minimum absolute atomic E-state index is 0.264. The van der Waals surface area contributed by atoms with Crippen LogP contribution in [0.15, 0.2) is 18.2 Å². The maximum absolute atomic E-state index is 12.7. The Balaban J connectivity index is 2.29. The van der Waals surface area contributed by atoms with E-state index >= 15 is 0 Å². The van der Waals surface area contributed by atoms with E-state index in [4.69, 9.17) is 11.6 Å². The third-order valence-corrected chi connectivity index (χ3v) is 2.79. The van der Waals surface area contributed by atoms with Gasteiger partial charge in [0.2, 0.25) is 0 Å². The summed E-state index contributed by atoms with van der Waals surface area (Å²) in [6.07, 6.45) is 1.09. The molecular formula is C10H11ClFN. The van der Waals surface area contributed by atoms with Crippen LogP contribution in [0.1, 0.15) is 17.9 Å². The molecule has 1 fully saturated rings. The highest BCUT2D eigenvalue weighted by atomic mass is 35.5. The SMILES string of the molecule is Fc1ccc(C2CCNC2)c(Cl)c1. The number of halogens is 2. The minimum Gasteiger partial charge on any atom is -0.316 e. The van der Waals surface area contributed by atoms with Gasteiger partial charge >= 0.3 is 0 Å². The molecule has 0 radical (unpaired) electrons. The second-order valence-electron chi connectivity index (χ2n) is 3.36. The molecule has 3 heteroatoms. The fraction of sp³-hybridized carbons (Fsp3) is 0.400. The van der Waals surface area contributed by atoms with Crippen molar-refractivity contribution in [3.05, 3.63) is 34.6 Å². The summed E-state index contributed by atoms with van der Waals surface area (Å²) < 4.78 is 12.7. The summed E-state index contributed by atoms with van der Waals surface area (Å²) in [5.41, 5.74) is 1.06. The van der Waals surface area contributed by atoms with E-state index in [2.05, 4.69) is 5.32 Å². The molecule has 1 N–H and O–H groups in total. The fourth-order valence-electron chi connectivity index (χ4n) is 1.75. The standard InChI is InChI=1S/C10H11ClFN/c11-10-5-8(12)1-2-9(10)7-3-4-13-6-7/h1-2,5,7,13H,3-4,6H2. The first-order chi connectivity index (χ1) is 6.27. The summed E-state index contributed by atoms with van der Waals surface area (Å²) >= 11 is 5.94. The molecule has 1 unspecified atom stereocenters. The van der Waals surface area contributed by atoms with Gasteiger partial charge in [-0.3, -0.25) is 0 Å². The number of nitrogens with one attached hydrogen (secondary N) is 1. The number of hydrogen-bond acceptors (Lipinski definition) is 1. The maximum Gasteiger partial charge on any atom is 0.124 e. The highest BCUT2D eigenvalue weighted by molar-refractivity contribution is 6.31. The number of hydrogen-bond donors (Lipinski definition) is 1. The zero-order valence-corrected chi connectivity index (χ0v) is 7.94. The summed E-state index contributed by atoms with van der Waals surface area (Å²) in [4.78, 5) is 0. The van der Waals surface area contributed by atoms with Gasteiger partial charge in [0, 0.05) is 11.6 Å². The van der Waals surface area contributed by atoms with Crippen molar-refractivity contribution in [1.82, 2.24) is 5.32 Å². The molecule has 1 aromatic rings. The molecule has 1 nitrogen and oxygen atoms in total. The Morgan fingerprint density at radius 2 is 2.31 bits per heavy atom. The Morgan fingerprint density at radius 3 is 2.92 bits per heavy atom. The molecule has 1 aromatic carbocycles. The Morgan fingerprint density at radius 1 is 1.46 bits per heavy atom. The van der Waals surface area contributed by atoms with Gasteiger partial charge in [-0.25, -0.2) is 4.39 Å². The first-order valence-corrected chi connectivity index (χ1v) is 4.81. The number of benzene rings is 1. The summed E-state index contributed by atoms with van der Waals surface area (Å²) in [5, 5.41) is 3.81. The topological polar surface area (TPSA) is 12.0 Å². The molecule has 0 saturated carbocycles. The van der Waals surface area contributed by atoms with E-state index < -0.39 is 0 Å². The molecule has 1 aliphatic heterocycles. The van der Waals surface area contributed by atoms with Crippen LogP contribution >= 0.6 is 11.6 Å². The van der Waals surface area contributed by atoms with Gasteiger partial charge in [-0.05, 0) is 36.6 Å². The predicted molar refractivity (Wildman–Crippen MR) is 51.6 cm³/mol. The molecule has 1 saturated heterocycles. The second kappa shape index (κ2) is 3.64. The Labute approximate surface area is 81.9 Å². The van der Waals surface area contributed by atoms with E-state index in [1.807, 2.05) is 0 Å². The molecule has 0 aromatic heterocycles. The minimum atomic E-state index is -0.264. The second-order valence-corrected chi connectivity index (χ2v) is 3.76. The molecule has 70 valence electrons. The first-order valence-electron chi connectivity index (χ1n) is 4.43. The van der Waals surface area contributed by atoms with Crippen LogP contribution in [-0.2, 0) is 0 Å². The van der Waals surface area contributed by atoms with Crippen molar-refractivity contribution in [3.8, 4) is 0 Å². The van der Waals surface area contributed by atoms with Gasteiger partial charge in [0.15, 0.2) is 0 Å². The van der Waals surface area contributed by atoms with E-state index in [0.717, 1.165) is 25.1 Å². The van der Waals surface area contributed by atoms with Crippen LogP contribution in [0, 0.1) is 5.82 Å². The van der Waals surface area contributed by atoms with Crippen LogP contribution in [0.25, 0.3) is 0 Å². The summed E-state index contributed by atoms with van der Waals surface area (Å²) in [6, 6.07) is 4.64. The average molecular weight is 200 g/mol. The van der Waals surface area contributed by atoms with Crippen molar-refractivity contribution in [2.24, 2.45) is 0 Å². The molecule has 1 atom stereocenters. The molecule has 1 aliphatic rings. The normalized spacial score (nSPS) is 22.2. The lowest BCUT2D eigenvalue weighted by atomic mass is 9.98. The largest absolute Gasteiger partial charge is 0.316 e. The average Bonchev–Trinajstić information content (AvgIpc) is 2.56. The molecule has 0 spiro atoms. The van der Waals surface area contributed by atoms with Crippen LogP contribution < -0.4 is 5.32 Å². The van der Waals surface area contributed by atoms with E-state index in [1.165, 1.54) is 12.1 Å². The van der Waals surface area contributed by atoms with Crippen molar-refractivity contribution in [2.75, 3.05) is 13.1 Å². The highest BCUT2D eigenvalue weighted by Gasteiger charge is 2.18. The molecule has 2 rings (SSSR count). The third kappa shape index (κ3) is 1.84. The molecule has 0 aliphatic carbocycles. The van der Waals surface area contributed by atoms with Gasteiger partial charge in [-0.2, -0.15) is 0 Å². The van der Waals surface area contributed by atoms with Crippen LogP contribution in [-0.4, -0.2) is 13.1 Å². The molecular weight excluding hydrogens is 189 g/mol. The lowest BCUT2D eigenvalue weighted by Crippen LogP contribution is -2.08. The van der Waals surface area contributed by atoms with Crippen molar-refractivity contribution < 1.29 is 4.39 Å². The quantitative estimate of drug-likeness (QED) is 0.733. The van der Waals surface area contributed by atoms with Gasteiger partial charge in [0.25, 0.3) is 0 Å². The third-order valence-electron chi connectivity index (χ3n) is 2.46. The van der Waals surface area contributed by atoms with Gasteiger partial charge < -0.3 is 5.32 Å². The highest BCUT2D eigenvalue weighted by Crippen LogP contribution is 2.29. The molecule has 0 amide bonds. The van der Waals surface area contributed by atoms with Crippen molar-refractivity contribution in [2.45, 2.75) is 12.3 Å². The van der Waals surface area contributed by atoms with Crippen molar-refractivity contribution in [1.29, 1.82) is 0 Å². The van der Waals surface area contributed by atoms with Gasteiger partial charge in [0.05, 0.1) is 0 Å². The van der Waals surface area contributed by atoms with E-state index in [1.54, 1.807) is 6.07 Å². The first kappa shape index (κ1) is 8.97. The predicted octanol–water partition coefficient (Wildman–Crippen LogP) is 2.56. The maximum atomic E-state index is 12.7. The molecule has 1 heterocycles. The van der Waals surface area contributed by atoms with Gasteiger partial charge in [-0.1, -0.05) is 17.7 Å². The summed E-state index contributed by atoms with van der Waals surface area (Å²) in [5.74, 6) is 0.188. The van der Waals surface area contributed by atoms with Crippen LogP contribution in [0.2, 0.25) is 5.02 Å². The van der Waals surface area contributed by atoms with E-state index in [-0.39, 0.29) is 5.82 Å². The van der Waals surface area contributed by atoms with Crippen molar-refractivity contribution >= 4 is 11.6 Å². The smallest absolute Gasteiger partial charge is 0.124 e.